The van der Waals surface area contributed by atoms with Gasteiger partial charge in [-0.1, -0.05) is 54.7 Å². The summed E-state index contributed by atoms with van der Waals surface area (Å²) in [6.45, 7) is 5.93. The van der Waals surface area contributed by atoms with Crippen molar-refractivity contribution in [3.63, 3.8) is 0 Å². The molecule has 2 nitrogen and oxygen atoms in total. The molecular weight excluding hydrogens is 317 g/mol. The fraction of sp³-hybridized carbons (Fsp3) is 0.400. The van der Waals surface area contributed by atoms with Crippen molar-refractivity contribution < 1.29 is 4.79 Å². The van der Waals surface area contributed by atoms with Crippen LogP contribution in [0.15, 0.2) is 28.8 Å². The van der Waals surface area contributed by atoms with Crippen LogP contribution in [-0.4, -0.2) is 5.91 Å². The molecule has 0 radical (unpaired) electrons. The average Bonchev–Trinajstić information content (AvgIpc) is 2.86. The molecule has 108 valence electrons. The van der Waals surface area contributed by atoms with E-state index in [0.29, 0.717) is 5.02 Å². The van der Waals surface area contributed by atoms with Gasteiger partial charge < -0.3 is 5.32 Å². The third-order valence-electron chi connectivity index (χ3n) is 4.02. The van der Waals surface area contributed by atoms with Crippen molar-refractivity contribution in [2.45, 2.75) is 20.8 Å². The summed E-state index contributed by atoms with van der Waals surface area (Å²) in [7, 11) is 0. The van der Waals surface area contributed by atoms with Gasteiger partial charge in [0.1, 0.15) is 4.49 Å². The second-order valence-electron chi connectivity index (χ2n) is 5.68. The highest BCUT2D eigenvalue weighted by Gasteiger charge is 2.60. The summed E-state index contributed by atoms with van der Waals surface area (Å²) >= 11 is 17.4. The predicted octanol–water partition coefficient (Wildman–Crippen LogP) is 5.18. The second kappa shape index (κ2) is 5.59. The third kappa shape index (κ3) is 2.98. The summed E-state index contributed by atoms with van der Waals surface area (Å²) < 4.78 is 0.206. The predicted molar refractivity (Wildman–Crippen MR) is 85.4 cm³/mol. The Labute approximate surface area is 134 Å². The lowest BCUT2D eigenvalue weighted by Crippen LogP contribution is -2.17. The van der Waals surface area contributed by atoms with Crippen molar-refractivity contribution in [2.24, 2.45) is 17.3 Å². The highest BCUT2D eigenvalue weighted by Crippen LogP contribution is 2.60. The van der Waals surface area contributed by atoms with Crippen molar-refractivity contribution in [2.75, 3.05) is 5.32 Å². The van der Waals surface area contributed by atoms with E-state index >= 15 is 0 Å². The van der Waals surface area contributed by atoms with Crippen LogP contribution in [0.2, 0.25) is 5.02 Å². The molecule has 1 aliphatic rings. The molecule has 20 heavy (non-hydrogen) atoms. The zero-order chi connectivity index (χ0) is 15.1. The van der Waals surface area contributed by atoms with Gasteiger partial charge in [0.2, 0.25) is 5.91 Å². The van der Waals surface area contributed by atoms with Gasteiger partial charge in [-0.05, 0) is 42.0 Å². The molecule has 1 amide bonds. The van der Waals surface area contributed by atoms with Crippen molar-refractivity contribution in [1.29, 1.82) is 0 Å². The van der Waals surface area contributed by atoms with Crippen LogP contribution in [0.5, 0.6) is 0 Å². The van der Waals surface area contributed by atoms with E-state index in [0.717, 1.165) is 11.3 Å². The molecule has 0 aliphatic heterocycles. The Kier molecular flexibility index (Phi) is 4.38. The Balaban J connectivity index is 2.14. The molecule has 0 spiro atoms. The van der Waals surface area contributed by atoms with Crippen LogP contribution in [0, 0.1) is 24.2 Å². The maximum absolute atomic E-state index is 12.4. The van der Waals surface area contributed by atoms with Crippen molar-refractivity contribution >= 4 is 46.4 Å². The summed E-state index contributed by atoms with van der Waals surface area (Å²) in [6, 6.07) is 5.45. The van der Waals surface area contributed by atoms with E-state index in [4.69, 9.17) is 34.8 Å². The molecule has 0 unspecified atom stereocenters. The van der Waals surface area contributed by atoms with E-state index in [2.05, 4.69) is 5.32 Å². The quantitative estimate of drug-likeness (QED) is 0.812. The number of hydrogen-bond acceptors (Lipinski definition) is 1. The molecule has 2 atom stereocenters. The summed E-state index contributed by atoms with van der Waals surface area (Å²) in [5.74, 6) is -0.100. The third-order valence-corrected chi connectivity index (χ3v) is 4.69. The Morgan fingerprint density at radius 2 is 2.00 bits per heavy atom. The highest BCUT2D eigenvalue weighted by molar-refractivity contribution is 6.55. The molecule has 1 aromatic carbocycles. The normalized spacial score (nSPS) is 23.1. The molecule has 0 heterocycles. The van der Waals surface area contributed by atoms with Crippen LogP contribution in [0.4, 0.5) is 5.69 Å². The van der Waals surface area contributed by atoms with Crippen molar-refractivity contribution in [3.8, 4) is 0 Å². The van der Waals surface area contributed by atoms with Gasteiger partial charge in [0, 0.05) is 10.7 Å². The van der Waals surface area contributed by atoms with Crippen LogP contribution < -0.4 is 5.32 Å². The number of anilines is 1. The van der Waals surface area contributed by atoms with E-state index in [1.165, 1.54) is 0 Å². The minimum Gasteiger partial charge on any atom is -0.326 e. The first-order valence-corrected chi connectivity index (χ1v) is 7.47. The number of allylic oxidation sites excluding steroid dienone is 1. The SMILES string of the molecule is Cc1c(Cl)cccc1NC(=O)[C@H]1[C@@H](C=C(Cl)Cl)C1(C)C. The summed E-state index contributed by atoms with van der Waals surface area (Å²) in [5.41, 5.74) is 1.47. The lowest BCUT2D eigenvalue weighted by molar-refractivity contribution is -0.118. The van der Waals surface area contributed by atoms with Gasteiger partial charge in [-0.15, -0.1) is 0 Å². The lowest BCUT2D eigenvalue weighted by atomic mass is 10.1. The van der Waals surface area contributed by atoms with Crippen LogP contribution in [-0.2, 0) is 4.79 Å². The molecule has 5 heteroatoms. The van der Waals surface area contributed by atoms with E-state index in [1.807, 2.05) is 32.9 Å². The van der Waals surface area contributed by atoms with Crippen LogP contribution in [0.3, 0.4) is 0 Å². The number of benzene rings is 1. The van der Waals surface area contributed by atoms with Crippen LogP contribution >= 0.6 is 34.8 Å². The zero-order valence-corrected chi connectivity index (χ0v) is 13.8. The maximum atomic E-state index is 12.4. The fourth-order valence-electron chi connectivity index (χ4n) is 2.58. The van der Waals surface area contributed by atoms with Crippen LogP contribution in [0.1, 0.15) is 19.4 Å². The number of rotatable bonds is 3. The van der Waals surface area contributed by atoms with Gasteiger partial charge in [0.25, 0.3) is 0 Å². The Bertz CT molecular complexity index is 576. The molecule has 1 saturated carbocycles. The lowest BCUT2D eigenvalue weighted by Gasteiger charge is -2.10. The van der Waals surface area contributed by atoms with Gasteiger partial charge in [-0.3, -0.25) is 4.79 Å². The fourth-order valence-corrected chi connectivity index (χ4v) is 3.02. The smallest absolute Gasteiger partial charge is 0.228 e. The van der Waals surface area contributed by atoms with Crippen molar-refractivity contribution in [1.82, 2.24) is 0 Å². The van der Waals surface area contributed by atoms with Gasteiger partial charge >= 0.3 is 0 Å². The minimum absolute atomic E-state index is 0.0313. The first kappa shape index (κ1) is 15.7. The van der Waals surface area contributed by atoms with E-state index in [1.54, 1.807) is 12.1 Å². The molecule has 0 saturated heterocycles. The molecule has 1 fully saturated rings. The van der Waals surface area contributed by atoms with E-state index < -0.39 is 0 Å². The summed E-state index contributed by atoms with van der Waals surface area (Å²) in [4.78, 5) is 12.4. The monoisotopic (exact) mass is 331 g/mol. The summed E-state index contributed by atoms with van der Waals surface area (Å²) in [5, 5.41) is 3.57. The molecule has 0 bridgehead atoms. The molecule has 1 aliphatic carbocycles. The van der Waals surface area contributed by atoms with E-state index in [-0.39, 0.29) is 27.6 Å². The zero-order valence-electron chi connectivity index (χ0n) is 11.5. The Morgan fingerprint density at radius 3 is 2.60 bits per heavy atom. The minimum atomic E-state index is -0.133. The van der Waals surface area contributed by atoms with Gasteiger partial charge in [-0.2, -0.15) is 0 Å². The number of hydrogen-bond donors (Lipinski definition) is 1. The number of carbonyl (C=O) groups excluding carboxylic acids is 1. The first-order chi connectivity index (χ1) is 9.25. The molecule has 2 rings (SSSR count). The number of nitrogens with one attached hydrogen (secondary N) is 1. The van der Waals surface area contributed by atoms with Gasteiger partial charge in [0.05, 0.1) is 5.92 Å². The number of amides is 1. The molecule has 0 aromatic heterocycles. The van der Waals surface area contributed by atoms with Gasteiger partial charge in [-0.25, -0.2) is 0 Å². The average molecular weight is 333 g/mol. The first-order valence-electron chi connectivity index (χ1n) is 6.34. The molecule has 1 N–H and O–H groups in total. The Morgan fingerprint density at radius 1 is 1.35 bits per heavy atom. The van der Waals surface area contributed by atoms with Crippen LogP contribution in [0.25, 0.3) is 0 Å². The highest BCUT2D eigenvalue weighted by atomic mass is 35.5. The summed E-state index contributed by atoms with van der Waals surface area (Å²) in [6.07, 6.45) is 1.73. The topological polar surface area (TPSA) is 29.1 Å². The Hall–Kier alpha value is -0.700. The second-order valence-corrected chi connectivity index (χ2v) is 7.10. The largest absolute Gasteiger partial charge is 0.326 e. The van der Waals surface area contributed by atoms with E-state index in [9.17, 15) is 4.79 Å². The number of halogens is 3. The molecule has 1 aromatic rings. The van der Waals surface area contributed by atoms with Crippen molar-refractivity contribution in [3.05, 3.63) is 39.4 Å². The molecular formula is C15H16Cl3NO. The van der Waals surface area contributed by atoms with Gasteiger partial charge in [0.15, 0.2) is 0 Å². The maximum Gasteiger partial charge on any atom is 0.228 e. The number of carbonyl (C=O) groups is 1. The standard InChI is InChI=1S/C15H16Cl3NO/c1-8-10(16)5-4-6-11(8)19-14(20)13-9(7-12(17)18)15(13,2)3/h4-7,9,13H,1-3H3,(H,19,20)/t9-,13-/m1/s1.